The van der Waals surface area contributed by atoms with Crippen molar-refractivity contribution in [1.29, 1.82) is 0 Å². The van der Waals surface area contributed by atoms with Crippen molar-refractivity contribution in [3.63, 3.8) is 0 Å². The van der Waals surface area contributed by atoms with Crippen molar-refractivity contribution in [2.24, 2.45) is 4.99 Å². The fourth-order valence-corrected chi connectivity index (χ4v) is 4.23. The van der Waals surface area contributed by atoms with Crippen molar-refractivity contribution in [2.45, 2.75) is 38.1 Å². The minimum atomic E-state index is -4.21. The highest BCUT2D eigenvalue weighted by Crippen LogP contribution is 2.37. The van der Waals surface area contributed by atoms with E-state index in [1.54, 1.807) is 17.3 Å². The first-order valence-electron chi connectivity index (χ1n) is 11.5. The van der Waals surface area contributed by atoms with E-state index in [2.05, 4.69) is 21.9 Å². The normalized spacial score (nSPS) is 17.8. The molecule has 10 heteroatoms. The lowest BCUT2D eigenvalue weighted by atomic mass is 9.97. The Morgan fingerprint density at radius 3 is 2.22 bits per heavy atom. The first-order chi connectivity index (χ1) is 17.7. The zero-order valence-electron chi connectivity index (χ0n) is 19.6. The van der Waals surface area contributed by atoms with Crippen LogP contribution in [0.3, 0.4) is 0 Å². The first-order valence-corrected chi connectivity index (χ1v) is 11.9. The van der Waals surface area contributed by atoms with Crippen LogP contribution in [-0.2, 0) is 15.6 Å². The predicted molar refractivity (Wildman–Crippen MR) is 131 cm³/mol. The van der Waals surface area contributed by atoms with Gasteiger partial charge >= 0.3 is 6.11 Å². The van der Waals surface area contributed by atoms with Crippen LogP contribution in [0.4, 0.5) is 27.6 Å². The van der Waals surface area contributed by atoms with Gasteiger partial charge < -0.3 is 14.2 Å². The van der Waals surface area contributed by atoms with Gasteiger partial charge in [0.25, 0.3) is 0 Å². The van der Waals surface area contributed by atoms with Crippen LogP contribution >= 0.6 is 12.2 Å². The quantitative estimate of drug-likeness (QED) is 0.167. The van der Waals surface area contributed by atoms with Gasteiger partial charge in [0.2, 0.25) is 0 Å². The number of halogens is 5. The summed E-state index contributed by atoms with van der Waals surface area (Å²) in [6.45, 7) is 3.08. The molecular formula is C27H22F5NO3S. The average Bonchev–Trinajstić information content (AvgIpc) is 2.86. The minimum Gasteiger partial charge on any atom is -0.429 e. The molecule has 0 spiro atoms. The Labute approximate surface area is 215 Å². The fraction of sp³-hybridized carbons (Fsp3) is 0.296. The van der Waals surface area contributed by atoms with E-state index in [0.29, 0.717) is 36.5 Å². The third kappa shape index (κ3) is 6.22. The van der Waals surface area contributed by atoms with Crippen LogP contribution in [0.1, 0.15) is 37.0 Å². The van der Waals surface area contributed by atoms with Crippen LogP contribution in [0.5, 0.6) is 5.75 Å². The molecule has 0 aromatic heterocycles. The summed E-state index contributed by atoms with van der Waals surface area (Å²) in [6, 6.07) is 11.4. The van der Waals surface area contributed by atoms with E-state index in [-0.39, 0.29) is 12.2 Å². The minimum absolute atomic E-state index is 0.0780. The molecule has 2 atom stereocenters. The Morgan fingerprint density at radius 1 is 0.973 bits per heavy atom. The maximum atomic E-state index is 14.8. The van der Waals surface area contributed by atoms with Gasteiger partial charge in [-0.15, -0.1) is 0 Å². The van der Waals surface area contributed by atoms with E-state index in [0.717, 1.165) is 30.5 Å². The summed E-state index contributed by atoms with van der Waals surface area (Å²) in [5.41, 5.74) is 0.0490. The highest BCUT2D eigenvalue weighted by atomic mass is 32.1. The van der Waals surface area contributed by atoms with Crippen molar-refractivity contribution >= 4 is 23.1 Å². The lowest BCUT2D eigenvalue weighted by Crippen LogP contribution is -2.27. The summed E-state index contributed by atoms with van der Waals surface area (Å²) in [6.07, 6.45) is -2.51. The predicted octanol–water partition coefficient (Wildman–Crippen LogP) is 7.89. The first kappa shape index (κ1) is 26.9. The molecule has 4 rings (SSSR count). The van der Waals surface area contributed by atoms with Gasteiger partial charge in [-0.2, -0.15) is 13.8 Å². The lowest BCUT2D eigenvalue weighted by Gasteiger charge is -2.29. The molecule has 0 saturated carbocycles. The van der Waals surface area contributed by atoms with Crippen molar-refractivity contribution in [3.05, 3.63) is 83.2 Å². The summed E-state index contributed by atoms with van der Waals surface area (Å²) in [7, 11) is 0. The number of thiocarbonyl (C=S) groups is 1. The van der Waals surface area contributed by atoms with Gasteiger partial charge in [-0.05, 0) is 60.8 Å². The number of alkyl halides is 2. The Balaban J connectivity index is 1.48. The van der Waals surface area contributed by atoms with Crippen LogP contribution < -0.4 is 4.74 Å². The van der Waals surface area contributed by atoms with E-state index in [4.69, 9.17) is 9.47 Å². The van der Waals surface area contributed by atoms with Gasteiger partial charge in [0, 0.05) is 18.7 Å². The summed E-state index contributed by atoms with van der Waals surface area (Å²) in [5.74, 6) is -4.66. The van der Waals surface area contributed by atoms with Crippen molar-refractivity contribution in [3.8, 4) is 16.9 Å². The van der Waals surface area contributed by atoms with Crippen LogP contribution in [0.25, 0.3) is 11.1 Å². The average molecular weight is 536 g/mol. The smallest absolute Gasteiger partial charge is 0.429 e. The molecule has 1 fully saturated rings. The zero-order valence-corrected chi connectivity index (χ0v) is 20.5. The molecule has 1 aliphatic heterocycles. The molecule has 0 radical (unpaired) electrons. The van der Waals surface area contributed by atoms with Gasteiger partial charge in [0.15, 0.2) is 11.6 Å². The number of benzene rings is 3. The Bertz CT molecular complexity index is 1280. The van der Waals surface area contributed by atoms with Crippen molar-refractivity contribution < 1.29 is 36.2 Å². The van der Waals surface area contributed by atoms with Gasteiger partial charge in [-0.3, -0.25) is 0 Å². The standard InChI is InChI=1S/C27H22F5NO3S/c1-2-34-19-8-10-25(35-14-19)17-5-3-16(4-6-17)18-7-9-21(22(28)11-18)27(31,32)36-20-12-23(29)26(33-15-37)24(30)13-20/h3-7,9,11-13,19,25H,2,8,10,14H2,1H3. The topological polar surface area (TPSA) is 40.0 Å². The molecule has 4 nitrogen and oxygen atoms in total. The van der Waals surface area contributed by atoms with E-state index < -0.39 is 40.6 Å². The van der Waals surface area contributed by atoms with Gasteiger partial charge in [0.1, 0.15) is 17.3 Å². The summed E-state index contributed by atoms with van der Waals surface area (Å²) >= 11 is 4.29. The van der Waals surface area contributed by atoms with Gasteiger partial charge in [-0.25, -0.2) is 13.2 Å². The second kappa shape index (κ2) is 11.5. The molecule has 2 unspecified atom stereocenters. The summed E-state index contributed by atoms with van der Waals surface area (Å²) in [4.78, 5) is 3.20. The summed E-state index contributed by atoms with van der Waals surface area (Å²) < 4.78 is 88.0. The molecule has 0 bridgehead atoms. The van der Waals surface area contributed by atoms with Crippen LogP contribution in [0, 0.1) is 17.5 Å². The fourth-order valence-electron chi connectivity index (χ4n) is 4.14. The molecule has 37 heavy (non-hydrogen) atoms. The summed E-state index contributed by atoms with van der Waals surface area (Å²) in [5, 5.41) is 1.79. The monoisotopic (exact) mass is 535 g/mol. The third-order valence-corrected chi connectivity index (χ3v) is 6.02. The van der Waals surface area contributed by atoms with E-state index >= 15 is 0 Å². The Hall–Kier alpha value is -3.17. The SMILES string of the molecule is CCOC1CCC(c2ccc(-c3ccc(C(F)(F)Oc4cc(F)c(N=C=S)c(F)c4)c(F)c3)cc2)OC1. The number of isothiocyanates is 1. The third-order valence-electron chi connectivity index (χ3n) is 5.93. The maximum absolute atomic E-state index is 14.8. The van der Waals surface area contributed by atoms with Crippen LogP contribution in [0.2, 0.25) is 0 Å². The number of nitrogens with zero attached hydrogens (tertiary/aromatic N) is 1. The van der Waals surface area contributed by atoms with Crippen molar-refractivity contribution in [2.75, 3.05) is 13.2 Å². The molecule has 0 N–H and O–H groups in total. The number of rotatable bonds is 8. The van der Waals surface area contributed by atoms with E-state index in [9.17, 15) is 22.0 Å². The number of hydrogen-bond acceptors (Lipinski definition) is 5. The van der Waals surface area contributed by atoms with E-state index in [1.807, 2.05) is 19.1 Å². The molecule has 1 heterocycles. The Kier molecular flexibility index (Phi) is 8.34. The number of ether oxygens (including phenoxy) is 3. The van der Waals surface area contributed by atoms with Crippen LogP contribution in [-0.4, -0.2) is 24.5 Å². The lowest BCUT2D eigenvalue weighted by molar-refractivity contribution is -0.187. The molecule has 0 amide bonds. The zero-order chi connectivity index (χ0) is 26.6. The largest absolute Gasteiger partial charge is 0.429 e. The number of hydrogen-bond donors (Lipinski definition) is 0. The van der Waals surface area contributed by atoms with E-state index in [1.165, 1.54) is 6.07 Å². The molecule has 3 aromatic rings. The molecule has 0 aliphatic carbocycles. The Morgan fingerprint density at radius 2 is 1.65 bits per heavy atom. The van der Waals surface area contributed by atoms with Gasteiger partial charge in [0.05, 0.1) is 29.5 Å². The number of aliphatic imine (C=N–C) groups is 1. The molecule has 194 valence electrons. The molecule has 3 aromatic carbocycles. The highest BCUT2D eigenvalue weighted by molar-refractivity contribution is 7.78. The second-order valence-electron chi connectivity index (χ2n) is 8.35. The van der Waals surface area contributed by atoms with Crippen molar-refractivity contribution in [1.82, 2.24) is 0 Å². The maximum Gasteiger partial charge on any atom is 0.429 e. The van der Waals surface area contributed by atoms with Gasteiger partial charge in [-0.1, -0.05) is 30.3 Å². The molecule has 1 saturated heterocycles. The molecule has 1 aliphatic rings. The van der Waals surface area contributed by atoms with Crippen LogP contribution in [0.15, 0.2) is 59.6 Å². The molecular weight excluding hydrogens is 513 g/mol. The second-order valence-corrected chi connectivity index (χ2v) is 8.53. The highest BCUT2D eigenvalue weighted by Gasteiger charge is 2.38.